The lowest BCUT2D eigenvalue weighted by Gasteiger charge is -2.16. The van der Waals surface area contributed by atoms with Crippen LogP contribution in [0.25, 0.3) is 0 Å². The summed E-state index contributed by atoms with van der Waals surface area (Å²) in [5, 5.41) is 2.65. The first kappa shape index (κ1) is 14.9. The first-order chi connectivity index (χ1) is 9.91. The summed E-state index contributed by atoms with van der Waals surface area (Å²) in [6.07, 6.45) is -1.31. The van der Waals surface area contributed by atoms with E-state index in [2.05, 4.69) is 5.32 Å². The van der Waals surface area contributed by atoms with Gasteiger partial charge in [-0.1, -0.05) is 29.8 Å². The highest BCUT2D eigenvalue weighted by Gasteiger charge is 2.44. The van der Waals surface area contributed by atoms with Gasteiger partial charge in [0.15, 0.2) is 12.0 Å². The van der Waals surface area contributed by atoms with Gasteiger partial charge in [-0.2, -0.15) is 0 Å². The van der Waals surface area contributed by atoms with E-state index in [1.165, 1.54) is 0 Å². The smallest absolute Gasteiger partial charge is 0.356 e. The SMILES string of the molecule is NC(=O)C(C(N)=O)C1OC(=O)C(Nc2ccccc2)=C1Cl. The van der Waals surface area contributed by atoms with E-state index in [0.29, 0.717) is 5.69 Å². The summed E-state index contributed by atoms with van der Waals surface area (Å²) < 4.78 is 4.93. The molecule has 8 heteroatoms. The zero-order chi connectivity index (χ0) is 15.6. The van der Waals surface area contributed by atoms with Crippen LogP contribution >= 0.6 is 11.6 Å². The molecule has 0 aliphatic carbocycles. The lowest BCUT2D eigenvalue weighted by molar-refractivity contribution is -0.146. The molecule has 1 unspecified atom stereocenters. The van der Waals surface area contributed by atoms with Crippen LogP contribution in [0.3, 0.4) is 0 Å². The van der Waals surface area contributed by atoms with Crippen LogP contribution in [-0.4, -0.2) is 23.9 Å². The van der Waals surface area contributed by atoms with Crippen molar-refractivity contribution in [2.24, 2.45) is 17.4 Å². The summed E-state index contributed by atoms with van der Waals surface area (Å²) in [6.45, 7) is 0. The molecule has 0 aromatic heterocycles. The van der Waals surface area contributed by atoms with Gasteiger partial charge in [0.05, 0.1) is 5.03 Å². The van der Waals surface area contributed by atoms with Crippen LogP contribution in [0.2, 0.25) is 0 Å². The number of amides is 2. The number of carbonyl (C=O) groups excluding carboxylic acids is 3. The molecule has 2 rings (SSSR count). The van der Waals surface area contributed by atoms with Crippen LogP contribution in [-0.2, 0) is 19.1 Å². The minimum atomic E-state index is -1.52. The topological polar surface area (TPSA) is 125 Å². The second-order valence-electron chi connectivity index (χ2n) is 4.32. The van der Waals surface area contributed by atoms with E-state index in [-0.39, 0.29) is 10.7 Å². The number of rotatable bonds is 5. The Morgan fingerprint density at radius 3 is 2.29 bits per heavy atom. The molecule has 0 bridgehead atoms. The largest absolute Gasteiger partial charge is 0.450 e. The standard InChI is InChI=1S/C13H12ClN3O4/c14-8-9(17-6-4-2-1-3-5-6)13(20)21-10(8)7(11(15)18)12(16)19/h1-5,7,10,17H,(H2,15,18)(H2,16,19). The van der Waals surface area contributed by atoms with Gasteiger partial charge in [0.1, 0.15) is 5.70 Å². The number of esters is 1. The number of halogens is 1. The molecule has 2 amide bonds. The number of hydrogen-bond acceptors (Lipinski definition) is 5. The van der Waals surface area contributed by atoms with Crippen molar-refractivity contribution < 1.29 is 19.1 Å². The molecule has 0 saturated heterocycles. The van der Waals surface area contributed by atoms with E-state index in [1.807, 2.05) is 0 Å². The van der Waals surface area contributed by atoms with Crippen LogP contribution in [0.5, 0.6) is 0 Å². The molecule has 0 radical (unpaired) electrons. The zero-order valence-corrected chi connectivity index (χ0v) is 11.5. The molecule has 7 nitrogen and oxygen atoms in total. The number of para-hydroxylation sites is 1. The van der Waals surface area contributed by atoms with Gasteiger partial charge in [0, 0.05) is 5.69 Å². The Bertz CT molecular complexity index is 616. The monoisotopic (exact) mass is 309 g/mol. The molecular formula is C13H12ClN3O4. The Morgan fingerprint density at radius 1 is 1.19 bits per heavy atom. The summed E-state index contributed by atoms with van der Waals surface area (Å²) in [6, 6.07) is 8.72. The Balaban J connectivity index is 2.31. The molecular weight excluding hydrogens is 298 g/mol. The third-order valence-corrected chi connectivity index (χ3v) is 3.29. The fourth-order valence-corrected chi connectivity index (χ4v) is 2.19. The molecule has 0 spiro atoms. The first-order valence-electron chi connectivity index (χ1n) is 5.93. The van der Waals surface area contributed by atoms with Crippen molar-refractivity contribution in [3.63, 3.8) is 0 Å². The van der Waals surface area contributed by atoms with Crippen molar-refractivity contribution >= 4 is 35.1 Å². The number of anilines is 1. The Labute approximate surface area is 124 Å². The molecule has 1 aromatic rings. The van der Waals surface area contributed by atoms with Crippen LogP contribution in [0.4, 0.5) is 5.69 Å². The van der Waals surface area contributed by atoms with Gasteiger partial charge in [0.2, 0.25) is 11.8 Å². The van der Waals surface area contributed by atoms with Crippen LogP contribution in [0.15, 0.2) is 41.1 Å². The molecule has 0 fully saturated rings. The number of nitrogens with one attached hydrogen (secondary N) is 1. The van der Waals surface area contributed by atoms with Crippen molar-refractivity contribution in [2.45, 2.75) is 6.10 Å². The van der Waals surface area contributed by atoms with Crippen LogP contribution in [0.1, 0.15) is 0 Å². The summed E-state index contributed by atoms with van der Waals surface area (Å²) in [5.74, 6) is -4.34. The molecule has 1 aliphatic heterocycles. The van der Waals surface area contributed by atoms with Gasteiger partial charge < -0.3 is 21.5 Å². The highest BCUT2D eigenvalue weighted by atomic mass is 35.5. The summed E-state index contributed by atoms with van der Waals surface area (Å²) >= 11 is 6.03. The Morgan fingerprint density at radius 2 is 1.76 bits per heavy atom. The van der Waals surface area contributed by atoms with Gasteiger partial charge in [-0.05, 0) is 12.1 Å². The number of nitrogens with two attached hydrogens (primary N) is 2. The van der Waals surface area contributed by atoms with Gasteiger partial charge >= 0.3 is 5.97 Å². The highest BCUT2D eigenvalue weighted by Crippen LogP contribution is 2.31. The van der Waals surface area contributed by atoms with Gasteiger partial charge in [-0.15, -0.1) is 0 Å². The van der Waals surface area contributed by atoms with Crippen molar-refractivity contribution in [3.05, 3.63) is 41.1 Å². The van der Waals surface area contributed by atoms with E-state index >= 15 is 0 Å². The van der Waals surface area contributed by atoms with Gasteiger partial charge in [-0.25, -0.2) is 4.79 Å². The van der Waals surface area contributed by atoms with Crippen LogP contribution in [0, 0.1) is 5.92 Å². The fourth-order valence-electron chi connectivity index (χ4n) is 1.90. The van der Waals surface area contributed by atoms with E-state index in [0.717, 1.165) is 0 Å². The van der Waals surface area contributed by atoms with Gasteiger partial charge in [0.25, 0.3) is 0 Å². The molecule has 1 heterocycles. The van der Waals surface area contributed by atoms with Crippen molar-refractivity contribution in [2.75, 3.05) is 5.32 Å². The molecule has 1 aliphatic rings. The number of ether oxygens (including phenoxy) is 1. The second kappa shape index (κ2) is 5.84. The molecule has 110 valence electrons. The minimum Gasteiger partial charge on any atom is -0.450 e. The Hall–Kier alpha value is -2.54. The number of benzene rings is 1. The van der Waals surface area contributed by atoms with E-state index < -0.39 is 29.8 Å². The average molecular weight is 310 g/mol. The predicted octanol–water partition coefficient (Wildman–Crippen LogP) is 0.0611. The predicted molar refractivity (Wildman–Crippen MR) is 74.7 cm³/mol. The second-order valence-corrected chi connectivity index (χ2v) is 4.73. The number of carbonyl (C=O) groups is 3. The maximum Gasteiger partial charge on any atom is 0.356 e. The van der Waals surface area contributed by atoms with Crippen LogP contribution < -0.4 is 16.8 Å². The fraction of sp³-hybridized carbons (Fsp3) is 0.154. The third kappa shape index (κ3) is 2.97. The lowest BCUT2D eigenvalue weighted by atomic mass is 10.0. The molecule has 1 atom stereocenters. The van der Waals surface area contributed by atoms with E-state index in [1.54, 1.807) is 30.3 Å². The van der Waals surface area contributed by atoms with Crippen molar-refractivity contribution in [1.29, 1.82) is 0 Å². The Kier molecular flexibility index (Phi) is 4.13. The quantitative estimate of drug-likeness (QED) is 0.524. The number of hydrogen-bond donors (Lipinski definition) is 3. The molecule has 21 heavy (non-hydrogen) atoms. The number of cyclic esters (lactones) is 1. The summed E-state index contributed by atoms with van der Waals surface area (Å²) in [4.78, 5) is 34.4. The summed E-state index contributed by atoms with van der Waals surface area (Å²) in [5.41, 5.74) is 10.7. The summed E-state index contributed by atoms with van der Waals surface area (Å²) in [7, 11) is 0. The van der Waals surface area contributed by atoms with E-state index in [4.69, 9.17) is 27.8 Å². The average Bonchev–Trinajstić information content (AvgIpc) is 2.67. The highest BCUT2D eigenvalue weighted by molar-refractivity contribution is 6.34. The van der Waals surface area contributed by atoms with E-state index in [9.17, 15) is 14.4 Å². The van der Waals surface area contributed by atoms with Gasteiger partial charge in [-0.3, -0.25) is 9.59 Å². The molecule has 5 N–H and O–H groups in total. The van der Waals surface area contributed by atoms with Crippen molar-refractivity contribution in [1.82, 2.24) is 0 Å². The molecule has 1 aromatic carbocycles. The lowest BCUT2D eigenvalue weighted by Crippen LogP contribution is -2.43. The zero-order valence-electron chi connectivity index (χ0n) is 10.7. The third-order valence-electron chi connectivity index (χ3n) is 2.89. The normalized spacial score (nSPS) is 17.8. The maximum atomic E-state index is 11.8. The molecule has 0 saturated carbocycles. The minimum absolute atomic E-state index is 0.0552. The maximum absolute atomic E-state index is 11.8. The van der Waals surface area contributed by atoms with Crippen molar-refractivity contribution in [3.8, 4) is 0 Å². The first-order valence-corrected chi connectivity index (χ1v) is 6.31. The number of primary amides is 2.